The van der Waals surface area contributed by atoms with Crippen LogP contribution in [0.15, 0.2) is 12.4 Å². The van der Waals surface area contributed by atoms with E-state index >= 15 is 0 Å². The zero-order valence-corrected chi connectivity index (χ0v) is 9.75. The minimum Gasteiger partial charge on any atom is -0.365 e. The molecule has 0 saturated heterocycles. The summed E-state index contributed by atoms with van der Waals surface area (Å²) in [5.41, 5.74) is 1.37. The smallest absolute Gasteiger partial charge is 0.130 e. The van der Waals surface area contributed by atoms with Crippen LogP contribution in [0.3, 0.4) is 0 Å². The number of hydrogen-bond donors (Lipinski definition) is 1. The van der Waals surface area contributed by atoms with Crippen molar-refractivity contribution in [2.45, 2.75) is 51.5 Å². The predicted molar refractivity (Wildman–Crippen MR) is 62.0 cm³/mol. The highest BCUT2D eigenvalue weighted by Gasteiger charge is 2.31. The first-order valence-electron chi connectivity index (χ1n) is 5.69. The van der Waals surface area contributed by atoms with Crippen LogP contribution in [-0.4, -0.2) is 15.5 Å². The first-order valence-corrected chi connectivity index (χ1v) is 5.69. The molecular formula is C12H19N3. The number of aromatic nitrogens is 2. The molecule has 0 atom stereocenters. The third-order valence-electron chi connectivity index (χ3n) is 3.17. The Kier molecular flexibility index (Phi) is 2.63. The second kappa shape index (κ2) is 3.80. The Bertz CT molecular complexity index is 342. The topological polar surface area (TPSA) is 37.8 Å². The van der Waals surface area contributed by atoms with Gasteiger partial charge in [-0.2, -0.15) is 0 Å². The predicted octanol–water partition coefficient (Wildman–Crippen LogP) is 2.95. The van der Waals surface area contributed by atoms with Crippen LogP contribution < -0.4 is 5.32 Å². The van der Waals surface area contributed by atoms with Gasteiger partial charge in [0.2, 0.25) is 0 Å². The van der Waals surface area contributed by atoms with Crippen LogP contribution in [0.5, 0.6) is 0 Å². The maximum atomic E-state index is 4.27. The van der Waals surface area contributed by atoms with Crippen LogP contribution in [0, 0.1) is 0 Å². The zero-order chi connectivity index (χ0) is 10.9. The second-order valence-corrected chi connectivity index (χ2v) is 5.02. The van der Waals surface area contributed by atoms with E-state index in [1.807, 2.05) is 0 Å². The highest BCUT2D eigenvalue weighted by Crippen LogP contribution is 2.34. The van der Waals surface area contributed by atoms with Gasteiger partial charge >= 0.3 is 0 Å². The molecule has 1 heterocycles. The molecule has 1 fully saturated rings. The maximum absolute atomic E-state index is 4.27. The Hall–Kier alpha value is -1.12. The molecule has 1 N–H and O–H groups in total. The highest BCUT2D eigenvalue weighted by molar-refractivity contribution is 5.39. The van der Waals surface area contributed by atoms with Crippen LogP contribution in [0.25, 0.3) is 0 Å². The van der Waals surface area contributed by atoms with E-state index in [1.165, 1.54) is 19.3 Å². The standard InChI is InChI=1S/C12H19N3/c1-9(2)10-7-11(14-8-13-10)15-12(3)5-4-6-12/h7-9H,4-6H2,1-3H3,(H,13,14,15). The summed E-state index contributed by atoms with van der Waals surface area (Å²) in [6.45, 7) is 6.56. The molecular weight excluding hydrogens is 186 g/mol. The van der Waals surface area contributed by atoms with Crippen molar-refractivity contribution in [3.8, 4) is 0 Å². The fraction of sp³-hybridized carbons (Fsp3) is 0.667. The first-order chi connectivity index (χ1) is 7.09. The summed E-state index contributed by atoms with van der Waals surface area (Å²) in [4.78, 5) is 8.53. The second-order valence-electron chi connectivity index (χ2n) is 5.02. The van der Waals surface area contributed by atoms with Gasteiger partial charge in [-0.15, -0.1) is 0 Å². The van der Waals surface area contributed by atoms with Crippen molar-refractivity contribution in [3.05, 3.63) is 18.1 Å². The van der Waals surface area contributed by atoms with Gasteiger partial charge in [0, 0.05) is 17.3 Å². The Morgan fingerprint density at radius 2 is 2.07 bits per heavy atom. The van der Waals surface area contributed by atoms with Crippen molar-refractivity contribution in [2.75, 3.05) is 5.32 Å². The molecule has 0 aromatic carbocycles. The summed E-state index contributed by atoms with van der Waals surface area (Å²) in [5.74, 6) is 1.43. The molecule has 0 bridgehead atoms. The molecule has 1 aromatic heterocycles. The lowest BCUT2D eigenvalue weighted by Gasteiger charge is -2.39. The fourth-order valence-electron chi connectivity index (χ4n) is 1.90. The molecule has 0 spiro atoms. The van der Waals surface area contributed by atoms with E-state index in [9.17, 15) is 0 Å². The van der Waals surface area contributed by atoms with Crippen molar-refractivity contribution in [3.63, 3.8) is 0 Å². The molecule has 1 saturated carbocycles. The van der Waals surface area contributed by atoms with Gasteiger partial charge in [-0.25, -0.2) is 9.97 Å². The van der Waals surface area contributed by atoms with E-state index in [-0.39, 0.29) is 5.54 Å². The monoisotopic (exact) mass is 205 g/mol. The van der Waals surface area contributed by atoms with Gasteiger partial charge in [0.1, 0.15) is 12.1 Å². The number of rotatable bonds is 3. The average molecular weight is 205 g/mol. The summed E-state index contributed by atoms with van der Waals surface area (Å²) in [6, 6.07) is 2.06. The zero-order valence-electron chi connectivity index (χ0n) is 9.75. The van der Waals surface area contributed by atoms with Crippen LogP contribution >= 0.6 is 0 Å². The van der Waals surface area contributed by atoms with Gasteiger partial charge in [-0.3, -0.25) is 0 Å². The molecule has 0 unspecified atom stereocenters. The van der Waals surface area contributed by atoms with E-state index in [2.05, 4.69) is 42.1 Å². The third-order valence-corrected chi connectivity index (χ3v) is 3.17. The lowest BCUT2D eigenvalue weighted by atomic mass is 9.78. The highest BCUT2D eigenvalue weighted by atomic mass is 15.1. The summed E-state index contributed by atoms with van der Waals surface area (Å²) < 4.78 is 0. The number of nitrogens with one attached hydrogen (secondary N) is 1. The van der Waals surface area contributed by atoms with Gasteiger partial charge < -0.3 is 5.32 Å². The van der Waals surface area contributed by atoms with Crippen LogP contribution in [0.1, 0.15) is 51.6 Å². The molecule has 1 aliphatic carbocycles. The van der Waals surface area contributed by atoms with Crippen molar-refractivity contribution >= 4 is 5.82 Å². The normalized spacial score (nSPS) is 18.7. The molecule has 2 rings (SSSR count). The average Bonchev–Trinajstić information content (AvgIpc) is 2.16. The minimum atomic E-state index is 0.266. The molecule has 15 heavy (non-hydrogen) atoms. The Labute approximate surface area is 91.3 Å². The molecule has 82 valence electrons. The van der Waals surface area contributed by atoms with Gasteiger partial charge in [0.25, 0.3) is 0 Å². The summed E-state index contributed by atoms with van der Waals surface area (Å²) in [6.07, 6.45) is 5.47. The first kappa shape index (κ1) is 10.4. The van der Waals surface area contributed by atoms with E-state index in [4.69, 9.17) is 0 Å². The molecule has 1 aromatic rings. The third kappa shape index (κ3) is 2.28. The number of anilines is 1. The SMILES string of the molecule is CC(C)c1cc(NC2(C)CCC2)ncn1. The number of hydrogen-bond acceptors (Lipinski definition) is 3. The molecule has 0 radical (unpaired) electrons. The molecule has 0 aliphatic heterocycles. The Balaban J connectivity index is 2.11. The quantitative estimate of drug-likeness (QED) is 0.824. The largest absolute Gasteiger partial charge is 0.365 e. The van der Waals surface area contributed by atoms with E-state index in [0.29, 0.717) is 5.92 Å². The number of nitrogens with zero attached hydrogens (tertiary/aromatic N) is 2. The van der Waals surface area contributed by atoms with E-state index in [0.717, 1.165) is 11.5 Å². The van der Waals surface area contributed by atoms with Gasteiger partial charge in [0.15, 0.2) is 0 Å². The van der Waals surface area contributed by atoms with Crippen molar-refractivity contribution < 1.29 is 0 Å². The van der Waals surface area contributed by atoms with Crippen LogP contribution in [0.2, 0.25) is 0 Å². The van der Waals surface area contributed by atoms with Gasteiger partial charge in [-0.1, -0.05) is 13.8 Å². The fourth-order valence-corrected chi connectivity index (χ4v) is 1.90. The lowest BCUT2D eigenvalue weighted by molar-refractivity contribution is 0.305. The van der Waals surface area contributed by atoms with Gasteiger partial charge in [-0.05, 0) is 32.1 Å². The molecule has 3 heteroatoms. The van der Waals surface area contributed by atoms with E-state index < -0.39 is 0 Å². The minimum absolute atomic E-state index is 0.266. The van der Waals surface area contributed by atoms with Crippen LogP contribution in [0.4, 0.5) is 5.82 Å². The Morgan fingerprint density at radius 1 is 1.33 bits per heavy atom. The van der Waals surface area contributed by atoms with Crippen molar-refractivity contribution in [2.24, 2.45) is 0 Å². The molecule has 1 aliphatic rings. The molecule has 0 amide bonds. The van der Waals surface area contributed by atoms with Crippen molar-refractivity contribution in [1.29, 1.82) is 0 Å². The summed E-state index contributed by atoms with van der Waals surface area (Å²) in [7, 11) is 0. The van der Waals surface area contributed by atoms with Gasteiger partial charge in [0.05, 0.1) is 0 Å². The van der Waals surface area contributed by atoms with E-state index in [1.54, 1.807) is 6.33 Å². The lowest BCUT2D eigenvalue weighted by Crippen LogP contribution is -2.41. The maximum Gasteiger partial charge on any atom is 0.130 e. The summed E-state index contributed by atoms with van der Waals surface area (Å²) >= 11 is 0. The Morgan fingerprint density at radius 3 is 2.60 bits per heavy atom. The molecule has 3 nitrogen and oxygen atoms in total. The van der Waals surface area contributed by atoms with Crippen LogP contribution in [-0.2, 0) is 0 Å². The van der Waals surface area contributed by atoms with Crippen molar-refractivity contribution in [1.82, 2.24) is 9.97 Å². The summed E-state index contributed by atoms with van der Waals surface area (Å²) in [5, 5.41) is 3.50.